The molecule has 0 spiro atoms. The van der Waals surface area contributed by atoms with Gasteiger partial charge in [-0.3, -0.25) is 0 Å². The van der Waals surface area contributed by atoms with Gasteiger partial charge >= 0.3 is 0 Å². The average molecular weight is 161 g/mol. The monoisotopic (exact) mass is 161 g/mol. The van der Waals surface area contributed by atoms with Gasteiger partial charge in [0, 0.05) is 19.1 Å². The fourth-order valence-electron chi connectivity index (χ4n) is 0.892. The van der Waals surface area contributed by atoms with Crippen LogP contribution in [0.2, 0.25) is 0 Å². The molecule has 0 aliphatic carbocycles. The van der Waals surface area contributed by atoms with Crippen LogP contribution in [0.4, 0.5) is 0 Å². The van der Waals surface area contributed by atoms with Crippen molar-refractivity contribution in [3.8, 4) is 0 Å². The summed E-state index contributed by atoms with van der Waals surface area (Å²) in [6.07, 6.45) is 0.938. The van der Waals surface area contributed by atoms with E-state index in [-0.39, 0.29) is 5.54 Å². The maximum atomic E-state index is 9.19. The number of aliphatic hydroxyl groups is 1. The summed E-state index contributed by atoms with van der Waals surface area (Å²) in [5, 5.41) is 12.3. The lowest BCUT2D eigenvalue weighted by molar-refractivity contribution is -0.0916. The second kappa shape index (κ2) is 4.70. The topological polar surface area (TPSA) is 41.5 Å². The van der Waals surface area contributed by atoms with Crippen molar-refractivity contribution in [1.82, 2.24) is 5.32 Å². The van der Waals surface area contributed by atoms with Gasteiger partial charge in [0.25, 0.3) is 0 Å². The van der Waals surface area contributed by atoms with E-state index in [1.54, 1.807) is 0 Å². The van der Waals surface area contributed by atoms with E-state index in [0.29, 0.717) is 6.42 Å². The smallest absolute Gasteiger partial charge is 0.155 e. The Balaban J connectivity index is 3.86. The Morgan fingerprint density at radius 1 is 1.64 bits per heavy atom. The molecular formula is C8H19NO2. The first-order valence-electron chi connectivity index (χ1n) is 3.97. The third kappa shape index (κ3) is 3.70. The summed E-state index contributed by atoms with van der Waals surface area (Å²) < 4.78 is 4.77. The zero-order valence-corrected chi connectivity index (χ0v) is 7.85. The predicted octanol–water partition coefficient (Wildman–Crippen LogP) is 0.729. The largest absolute Gasteiger partial charge is 0.368 e. The molecule has 0 saturated carbocycles. The average Bonchev–Trinajstić information content (AvgIpc) is 2.04. The van der Waals surface area contributed by atoms with Crippen LogP contribution >= 0.6 is 0 Å². The van der Waals surface area contributed by atoms with Crippen molar-refractivity contribution in [3.05, 3.63) is 0 Å². The predicted molar refractivity (Wildman–Crippen MR) is 45.4 cm³/mol. The molecule has 0 amide bonds. The van der Waals surface area contributed by atoms with Crippen LogP contribution in [0.5, 0.6) is 0 Å². The molecule has 0 fully saturated rings. The first-order valence-corrected chi connectivity index (χ1v) is 3.97. The van der Waals surface area contributed by atoms with Gasteiger partial charge in [-0.15, -0.1) is 0 Å². The summed E-state index contributed by atoms with van der Waals surface area (Å²) in [5.41, 5.74) is -0.0184. The molecule has 0 aliphatic heterocycles. The molecule has 0 radical (unpaired) electrons. The van der Waals surface area contributed by atoms with Crippen LogP contribution in [0, 0.1) is 0 Å². The number of methoxy groups -OCH3 is 1. The number of hydrogen-bond acceptors (Lipinski definition) is 3. The molecule has 68 valence electrons. The van der Waals surface area contributed by atoms with Gasteiger partial charge in [0.1, 0.15) is 0 Å². The molecule has 11 heavy (non-hydrogen) atoms. The molecule has 3 nitrogen and oxygen atoms in total. The minimum absolute atomic E-state index is 0.0184. The van der Waals surface area contributed by atoms with E-state index in [1.165, 1.54) is 7.11 Å². The van der Waals surface area contributed by atoms with Gasteiger partial charge in [0.15, 0.2) is 6.29 Å². The van der Waals surface area contributed by atoms with Crippen LogP contribution in [-0.2, 0) is 4.74 Å². The Hall–Kier alpha value is -0.120. The fraction of sp³-hybridized carbons (Fsp3) is 1.00. The highest BCUT2D eigenvalue weighted by molar-refractivity contribution is 4.80. The molecule has 0 aromatic carbocycles. The SMILES string of the molecule is CCC(C)(CC(O)OC)NC. The van der Waals surface area contributed by atoms with Gasteiger partial charge in [0.2, 0.25) is 0 Å². The molecule has 0 bridgehead atoms. The molecule has 3 heteroatoms. The van der Waals surface area contributed by atoms with Crippen molar-refractivity contribution in [2.24, 2.45) is 0 Å². The first-order chi connectivity index (χ1) is 5.08. The van der Waals surface area contributed by atoms with Crippen LogP contribution in [0.3, 0.4) is 0 Å². The van der Waals surface area contributed by atoms with Gasteiger partial charge in [-0.05, 0) is 20.4 Å². The summed E-state index contributed by atoms with van der Waals surface area (Å²) in [4.78, 5) is 0. The molecule has 0 rings (SSSR count). The Morgan fingerprint density at radius 3 is 2.45 bits per heavy atom. The van der Waals surface area contributed by atoms with Crippen molar-refractivity contribution in [2.45, 2.75) is 38.5 Å². The summed E-state index contributed by atoms with van der Waals surface area (Å²) in [5.74, 6) is 0. The minimum atomic E-state index is -0.660. The van der Waals surface area contributed by atoms with Gasteiger partial charge in [-0.25, -0.2) is 0 Å². The molecule has 0 aliphatic rings. The van der Waals surface area contributed by atoms with Crippen molar-refractivity contribution in [2.75, 3.05) is 14.2 Å². The fourth-order valence-corrected chi connectivity index (χ4v) is 0.892. The molecule has 2 N–H and O–H groups in total. The van der Waals surface area contributed by atoms with Gasteiger partial charge in [-0.2, -0.15) is 0 Å². The number of ether oxygens (including phenoxy) is 1. The van der Waals surface area contributed by atoms with E-state index in [1.807, 2.05) is 7.05 Å². The molecule has 0 aromatic rings. The summed E-state index contributed by atoms with van der Waals surface area (Å²) in [6, 6.07) is 0. The second-order valence-corrected chi connectivity index (χ2v) is 3.06. The quantitative estimate of drug-likeness (QED) is 0.584. The van der Waals surface area contributed by atoms with Crippen molar-refractivity contribution >= 4 is 0 Å². The van der Waals surface area contributed by atoms with E-state index in [2.05, 4.69) is 19.2 Å². The van der Waals surface area contributed by atoms with Crippen LogP contribution in [0.25, 0.3) is 0 Å². The Morgan fingerprint density at radius 2 is 2.18 bits per heavy atom. The van der Waals surface area contributed by atoms with Crippen molar-refractivity contribution in [1.29, 1.82) is 0 Å². The van der Waals surface area contributed by atoms with E-state index < -0.39 is 6.29 Å². The molecule has 0 saturated heterocycles. The summed E-state index contributed by atoms with van der Waals surface area (Å²) in [6.45, 7) is 4.15. The number of hydrogen-bond donors (Lipinski definition) is 2. The normalized spacial score (nSPS) is 19.4. The van der Waals surface area contributed by atoms with Gasteiger partial charge in [0.05, 0.1) is 0 Å². The van der Waals surface area contributed by atoms with E-state index >= 15 is 0 Å². The van der Waals surface area contributed by atoms with Gasteiger partial charge in [-0.1, -0.05) is 6.92 Å². The van der Waals surface area contributed by atoms with Crippen LogP contribution in [0.15, 0.2) is 0 Å². The van der Waals surface area contributed by atoms with E-state index in [9.17, 15) is 5.11 Å². The van der Waals surface area contributed by atoms with Gasteiger partial charge < -0.3 is 15.2 Å². The third-order valence-corrected chi connectivity index (χ3v) is 2.28. The Kier molecular flexibility index (Phi) is 4.65. The minimum Gasteiger partial charge on any atom is -0.368 e. The van der Waals surface area contributed by atoms with Crippen LogP contribution in [-0.4, -0.2) is 31.1 Å². The number of aliphatic hydroxyl groups excluding tert-OH is 1. The maximum Gasteiger partial charge on any atom is 0.155 e. The molecule has 2 unspecified atom stereocenters. The van der Waals surface area contributed by atoms with Crippen LogP contribution in [0.1, 0.15) is 26.7 Å². The zero-order chi connectivity index (χ0) is 8.91. The van der Waals surface area contributed by atoms with Crippen molar-refractivity contribution in [3.63, 3.8) is 0 Å². The summed E-state index contributed by atoms with van der Waals surface area (Å²) >= 11 is 0. The lowest BCUT2D eigenvalue weighted by Gasteiger charge is -2.29. The zero-order valence-electron chi connectivity index (χ0n) is 7.85. The van der Waals surface area contributed by atoms with E-state index in [4.69, 9.17) is 4.74 Å². The summed E-state index contributed by atoms with van der Waals surface area (Å²) in [7, 11) is 3.41. The lowest BCUT2D eigenvalue weighted by Crippen LogP contribution is -2.42. The number of rotatable bonds is 5. The maximum absolute atomic E-state index is 9.19. The third-order valence-electron chi connectivity index (χ3n) is 2.28. The number of nitrogens with one attached hydrogen (secondary N) is 1. The second-order valence-electron chi connectivity index (χ2n) is 3.06. The Labute approximate surface area is 68.8 Å². The standard InChI is InChI=1S/C8H19NO2/c1-5-8(2,9-3)6-7(10)11-4/h7,9-10H,5-6H2,1-4H3. The highest BCUT2D eigenvalue weighted by atomic mass is 16.6. The highest BCUT2D eigenvalue weighted by Crippen LogP contribution is 2.15. The van der Waals surface area contributed by atoms with Crippen molar-refractivity contribution < 1.29 is 9.84 Å². The Bertz CT molecular complexity index is 102. The highest BCUT2D eigenvalue weighted by Gasteiger charge is 2.22. The van der Waals surface area contributed by atoms with Crippen LogP contribution < -0.4 is 5.32 Å². The lowest BCUT2D eigenvalue weighted by atomic mass is 9.94. The molecule has 0 heterocycles. The molecule has 2 atom stereocenters. The molecular weight excluding hydrogens is 142 g/mol. The van der Waals surface area contributed by atoms with E-state index in [0.717, 1.165) is 6.42 Å². The first kappa shape index (κ1) is 10.9. The molecule has 0 aromatic heterocycles.